The highest BCUT2D eigenvalue weighted by atomic mass is 19.4. The van der Waals surface area contributed by atoms with Gasteiger partial charge in [-0.05, 0) is 42.8 Å². The summed E-state index contributed by atoms with van der Waals surface area (Å²) in [6, 6.07) is 18.9. The van der Waals surface area contributed by atoms with Gasteiger partial charge < -0.3 is 10.4 Å². The molecule has 0 aliphatic carbocycles. The van der Waals surface area contributed by atoms with Crippen molar-refractivity contribution >= 4 is 17.6 Å². The number of carbonyl (C=O) groups is 1. The number of nitrogens with zero attached hydrogens (tertiary/aromatic N) is 4. The molecule has 0 amide bonds. The van der Waals surface area contributed by atoms with Crippen LogP contribution in [0.2, 0.25) is 0 Å². The first-order chi connectivity index (χ1) is 17.7. The molecule has 2 N–H and O–H groups in total. The van der Waals surface area contributed by atoms with E-state index in [4.69, 9.17) is 0 Å². The van der Waals surface area contributed by atoms with E-state index in [1.54, 1.807) is 6.07 Å². The lowest BCUT2D eigenvalue weighted by molar-refractivity contribution is -0.137. The molecule has 0 unspecified atom stereocenters. The van der Waals surface area contributed by atoms with E-state index in [9.17, 15) is 23.1 Å². The van der Waals surface area contributed by atoms with E-state index in [2.05, 4.69) is 20.3 Å². The average molecular weight is 503 g/mol. The van der Waals surface area contributed by atoms with Gasteiger partial charge in [0, 0.05) is 18.0 Å². The lowest BCUT2D eigenvalue weighted by Crippen LogP contribution is -2.10. The van der Waals surface area contributed by atoms with Crippen molar-refractivity contribution in [1.29, 1.82) is 0 Å². The van der Waals surface area contributed by atoms with Gasteiger partial charge in [0.25, 0.3) is 0 Å². The van der Waals surface area contributed by atoms with Crippen LogP contribution in [0.3, 0.4) is 0 Å². The van der Waals surface area contributed by atoms with E-state index in [0.717, 1.165) is 17.7 Å². The third kappa shape index (κ3) is 4.86. The number of pyridine rings is 1. The maximum absolute atomic E-state index is 13.4. The van der Waals surface area contributed by atoms with Gasteiger partial charge in [-0.25, -0.2) is 19.7 Å². The van der Waals surface area contributed by atoms with Crippen molar-refractivity contribution in [3.63, 3.8) is 0 Å². The minimum atomic E-state index is -4.54. The van der Waals surface area contributed by atoms with Gasteiger partial charge in [-0.15, -0.1) is 0 Å². The molecule has 3 aromatic heterocycles. The van der Waals surface area contributed by atoms with Crippen LogP contribution in [-0.4, -0.2) is 30.4 Å². The van der Waals surface area contributed by atoms with Crippen LogP contribution in [0.1, 0.15) is 34.5 Å². The second kappa shape index (κ2) is 9.38. The summed E-state index contributed by atoms with van der Waals surface area (Å²) in [6.07, 6.45) is -1.64. The molecule has 3 heterocycles. The zero-order chi connectivity index (χ0) is 26.2. The van der Waals surface area contributed by atoms with Crippen molar-refractivity contribution in [3.05, 3.63) is 102 Å². The molecule has 5 aromatic rings. The number of carboxylic acid groups (broad SMARTS) is 1. The normalized spacial score (nSPS) is 12.4. The first-order valence-electron chi connectivity index (χ1n) is 11.3. The first kappa shape index (κ1) is 24.0. The Morgan fingerprint density at radius 1 is 1.00 bits per heavy atom. The molecule has 186 valence electrons. The third-order valence-corrected chi connectivity index (χ3v) is 5.87. The molecule has 0 aliphatic heterocycles. The van der Waals surface area contributed by atoms with E-state index in [-0.39, 0.29) is 22.9 Å². The van der Waals surface area contributed by atoms with E-state index >= 15 is 0 Å². The van der Waals surface area contributed by atoms with E-state index in [1.165, 1.54) is 41.1 Å². The molecule has 0 bridgehead atoms. The zero-order valence-corrected chi connectivity index (χ0v) is 19.4. The highest BCUT2D eigenvalue weighted by Gasteiger charge is 2.31. The number of anilines is 1. The summed E-state index contributed by atoms with van der Waals surface area (Å²) in [4.78, 5) is 25.1. The van der Waals surface area contributed by atoms with Crippen molar-refractivity contribution in [1.82, 2.24) is 19.4 Å². The van der Waals surface area contributed by atoms with Gasteiger partial charge in [-0.2, -0.15) is 13.2 Å². The molecular weight excluding hydrogens is 483 g/mol. The number of halogens is 3. The number of nitrogens with one attached hydrogen (secondary N) is 1. The van der Waals surface area contributed by atoms with Crippen molar-refractivity contribution in [2.24, 2.45) is 0 Å². The Morgan fingerprint density at radius 2 is 1.78 bits per heavy atom. The van der Waals surface area contributed by atoms with Gasteiger partial charge in [-0.1, -0.05) is 42.5 Å². The Morgan fingerprint density at radius 3 is 2.51 bits per heavy atom. The SMILES string of the molecule is C[C@H](Nc1nccc(-c2c(-c3cccc(C(F)(F)F)c3)nc3ccc(C(=O)O)cn23)n1)c1ccccc1. The Labute approximate surface area is 209 Å². The van der Waals surface area contributed by atoms with Crippen molar-refractivity contribution in [2.75, 3.05) is 5.32 Å². The molecule has 0 saturated heterocycles. The maximum atomic E-state index is 13.4. The minimum Gasteiger partial charge on any atom is -0.478 e. The van der Waals surface area contributed by atoms with E-state index < -0.39 is 17.7 Å². The molecule has 10 heteroatoms. The van der Waals surface area contributed by atoms with Crippen molar-refractivity contribution in [2.45, 2.75) is 19.1 Å². The van der Waals surface area contributed by atoms with Gasteiger partial charge in [-0.3, -0.25) is 4.40 Å². The number of hydrogen-bond acceptors (Lipinski definition) is 5. The Bertz CT molecular complexity index is 1600. The number of benzene rings is 2. The molecule has 37 heavy (non-hydrogen) atoms. The highest BCUT2D eigenvalue weighted by molar-refractivity contribution is 5.89. The number of rotatable bonds is 6. The molecule has 7 nitrogen and oxygen atoms in total. The summed E-state index contributed by atoms with van der Waals surface area (Å²) in [7, 11) is 0. The van der Waals surface area contributed by atoms with Crippen LogP contribution in [0.4, 0.5) is 19.1 Å². The van der Waals surface area contributed by atoms with Crippen LogP contribution in [0.15, 0.2) is 85.2 Å². The summed E-state index contributed by atoms with van der Waals surface area (Å²) < 4.78 is 41.9. The largest absolute Gasteiger partial charge is 0.478 e. The van der Waals surface area contributed by atoms with Gasteiger partial charge in [0.05, 0.1) is 34.3 Å². The average Bonchev–Trinajstić information content (AvgIpc) is 3.28. The molecule has 5 rings (SSSR count). The molecule has 0 fully saturated rings. The number of carboxylic acids is 1. The van der Waals surface area contributed by atoms with Crippen LogP contribution in [-0.2, 0) is 6.18 Å². The monoisotopic (exact) mass is 503 g/mol. The molecular formula is C27H20F3N5O2. The Hall–Kier alpha value is -4.73. The highest BCUT2D eigenvalue weighted by Crippen LogP contribution is 2.36. The van der Waals surface area contributed by atoms with Crippen LogP contribution in [0.25, 0.3) is 28.3 Å². The van der Waals surface area contributed by atoms with Crippen LogP contribution in [0, 0.1) is 0 Å². The predicted molar refractivity (Wildman–Crippen MR) is 132 cm³/mol. The summed E-state index contributed by atoms with van der Waals surface area (Å²) in [5.41, 5.74) is 1.70. The quantitative estimate of drug-likeness (QED) is 0.281. The fourth-order valence-corrected chi connectivity index (χ4v) is 4.04. The number of hydrogen-bond donors (Lipinski definition) is 2. The minimum absolute atomic E-state index is 0.00755. The molecule has 0 saturated carbocycles. The summed E-state index contributed by atoms with van der Waals surface area (Å²) in [5.74, 6) is -0.850. The summed E-state index contributed by atoms with van der Waals surface area (Å²) in [6.45, 7) is 1.95. The van der Waals surface area contributed by atoms with Crippen LogP contribution in [0.5, 0.6) is 0 Å². The third-order valence-electron chi connectivity index (χ3n) is 5.87. The van der Waals surface area contributed by atoms with Gasteiger partial charge in [0.2, 0.25) is 5.95 Å². The van der Waals surface area contributed by atoms with Gasteiger partial charge >= 0.3 is 12.1 Å². The van der Waals surface area contributed by atoms with Crippen LogP contribution < -0.4 is 5.32 Å². The predicted octanol–water partition coefficient (Wildman–Crippen LogP) is 6.35. The van der Waals surface area contributed by atoms with Crippen molar-refractivity contribution < 1.29 is 23.1 Å². The summed E-state index contributed by atoms with van der Waals surface area (Å²) >= 11 is 0. The topological polar surface area (TPSA) is 92.4 Å². The number of aromatic carboxylic acids is 1. The molecule has 0 aliphatic rings. The van der Waals surface area contributed by atoms with Gasteiger partial charge in [0.15, 0.2) is 0 Å². The molecule has 0 spiro atoms. The smallest absolute Gasteiger partial charge is 0.416 e. The second-order valence-corrected chi connectivity index (χ2v) is 8.38. The lowest BCUT2D eigenvalue weighted by Gasteiger charge is -2.15. The number of alkyl halides is 3. The van der Waals surface area contributed by atoms with Crippen LogP contribution >= 0.6 is 0 Å². The summed E-state index contributed by atoms with van der Waals surface area (Å²) in [5, 5.41) is 12.7. The number of imidazole rings is 1. The fraction of sp³-hybridized carbons (Fsp3) is 0.111. The Balaban J connectivity index is 1.66. The first-order valence-corrected chi connectivity index (χ1v) is 11.3. The number of fused-ring (bicyclic) bond motifs is 1. The van der Waals surface area contributed by atoms with E-state index in [0.29, 0.717) is 23.0 Å². The standard InChI is InChI=1S/C27H20F3N5O2/c1-16(17-6-3-2-4-7-17)32-26-31-13-12-21(33-26)24-23(18-8-5-9-20(14-18)27(28,29)30)34-22-11-10-19(25(36)37)15-35(22)24/h2-16H,1H3,(H,36,37)(H,31,32,33)/t16-/m0/s1. The van der Waals surface area contributed by atoms with Crippen molar-refractivity contribution in [3.8, 4) is 22.6 Å². The molecule has 0 radical (unpaired) electrons. The molecule has 2 aromatic carbocycles. The zero-order valence-electron chi connectivity index (χ0n) is 19.4. The second-order valence-electron chi connectivity index (χ2n) is 8.38. The number of aromatic nitrogens is 4. The molecule has 1 atom stereocenters. The maximum Gasteiger partial charge on any atom is 0.416 e. The Kier molecular flexibility index (Phi) is 6.08. The van der Waals surface area contributed by atoms with Gasteiger partial charge in [0.1, 0.15) is 5.65 Å². The van der Waals surface area contributed by atoms with E-state index in [1.807, 2.05) is 37.3 Å². The fourth-order valence-electron chi connectivity index (χ4n) is 4.04. The lowest BCUT2D eigenvalue weighted by atomic mass is 10.0.